The number of anilines is 1. The molecule has 2 aromatic carbocycles. The smallest absolute Gasteiger partial charge is 0.264 e. The number of fused-ring (bicyclic) bond motifs is 1. The predicted molar refractivity (Wildman–Crippen MR) is 100 cm³/mol. The maximum Gasteiger partial charge on any atom is 0.264 e. The third-order valence-corrected chi connectivity index (χ3v) is 6.30. The first-order valence-electron chi connectivity index (χ1n) is 8.17. The third kappa shape index (κ3) is 3.64. The van der Waals surface area contributed by atoms with Crippen LogP contribution in [0.1, 0.15) is 12.0 Å². The van der Waals surface area contributed by atoms with Crippen molar-refractivity contribution in [1.82, 2.24) is 5.32 Å². The molecule has 0 aromatic heterocycles. The summed E-state index contributed by atoms with van der Waals surface area (Å²) in [7, 11) is -2.24. The van der Waals surface area contributed by atoms with E-state index in [1.165, 1.54) is 29.6 Å². The van der Waals surface area contributed by atoms with Gasteiger partial charge in [-0.05, 0) is 42.7 Å². The van der Waals surface area contributed by atoms with Gasteiger partial charge in [-0.1, -0.05) is 29.8 Å². The number of nitrogens with one attached hydrogen (secondary N) is 1. The molecule has 0 radical (unpaired) electrons. The summed E-state index contributed by atoms with van der Waals surface area (Å²) < 4.78 is 32.9. The van der Waals surface area contributed by atoms with Crippen molar-refractivity contribution in [3.8, 4) is 5.75 Å². The summed E-state index contributed by atoms with van der Waals surface area (Å²) in [6.07, 6.45) is 1.62. The number of benzene rings is 2. The number of likely N-dealkylation sites (N-methyl/N-ethyl adjacent to an activating group) is 1. The van der Waals surface area contributed by atoms with Crippen molar-refractivity contribution in [2.75, 3.05) is 24.5 Å². The second-order valence-corrected chi connectivity index (χ2v) is 8.13. The van der Waals surface area contributed by atoms with Gasteiger partial charge in [-0.15, -0.1) is 0 Å². The molecule has 1 aliphatic rings. The molecular formula is C18H19ClN2O4S. The second-order valence-electron chi connectivity index (χ2n) is 5.86. The highest BCUT2D eigenvalue weighted by Crippen LogP contribution is 2.34. The number of ether oxygens (including phenoxy) is 1. The van der Waals surface area contributed by atoms with Gasteiger partial charge in [0.2, 0.25) is 0 Å². The summed E-state index contributed by atoms with van der Waals surface area (Å²) in [6, 6.07) is 11.8. The zero-order chi connectivity index (χ0) is 18.7. The fourth-order valence-electron chi connectivity index (χ4n) is 2.85. The van der Waals surface area contributed by atoms with Crippen LogP contribution < -0.4 is 14.4 Å². The van der Waals surface area contributed by atoms with Gasteiger partial charge in [0.1, 0.15) is 5.75 Å². The Kier molecular flexibility index (Phi) is 5.38. The number of carbonyl (C=O) groups excluding carboxylic acids is 1. The van der Waals surface area contributed by atoms with Crippen LogP contribution in [0.5, 0.6) is 5.75 Å². The monoisotopic (exact) mass is 394 g/mol. The predicted octanol–water partition coefficient (Wildman–Crippen LogP) is 2.61. The van der Waals surface area contributed by atoms with Crippen LogP contribution in [0.4, 0.5) is 5.69 Å². The molecule has 0 saturated carbocycles. The topological polar surface area (TPSA) is 75.7 Å². The third-order valence-electron chi connectivity index (χ3n) is 4.20. The Morgan fingerprint density at radius 1 is 1.27 bits per heavy atom. The molecule has 1 N–H and O–H groups in total. The Morgan fingerprint density at radius 3 is 2.77 bits per heavy atom. The van der Waals surface area contributed by atoms with Gasteiger partial charge in [-0.3, -0.25) is 9.10 Å². The number of aryl methyl sites for hydroxylation is 1. The molecule has 0 aliphatic carbocycles. The minimum absolute atomic E-state index is 0.0893. The number of amides is 1. The van der Waals surface area contributed by atoms with E-state index in [0.717, 1.165) is 18.4 Å². The molecule has 0 bridgehead atoms. The van der Waals surface area contributed by atoms with Crippen molar-refractivity contribution < 1.29 is 17.9 Å². The summed E-state index contributed by atoms with van der Waals surface area (Å²) >= 11 is 6.16. The van der Waals surface area contributed by atoms with Gasteiger partial charge in [-0.25, -0.2) is 8.42 Å². The van der Waals surface area contributed by atoms with Crippen LogP contribution in [0.15, 0.2) is 47.4 Å². The van der Waals surface area contributed by atoms with E-state index in [4.69, 9.17) is 16.3 Å². The van der Waals surface area contributed by atoms with Crippen LogP contribution in [0.25, 0.3) is 0 Å². The lowest BCUT2D eigenvalue weighted by molar-refractivity contribution is -0.122. The van der Waals surface area contributed by atoms with Crippen LogP contribution in [0.3, 0.4) is 0 Å². The number of nitrogens with zero attached hydrogens (tertiary/aromatic N) is 1. The van der Waals surface area contributed by atoms with Gasteiger partial charge in [0.15, 0.2) is 6.61 Å². The first kappa shape index (κ1) is 18.5. The zero-order valence-corrected chi connectivity index (χ0v) is 15.8. The first-order valence-corrected chi connectivity index (χ1v) is 9.99. The summed E-state index contributed by atoms with van der Waals surface area (Å²) in [6.45, 7) is 0.230. The molecule has 1 amide bonds. The summed E-state index contributed by atoms with van der Waals surface area (Å²) in [4.78, 5) is 11.4. The molecule has 0 fully saturated rings. The molecule has 0 unspecified atom stereocenters. The lowest BCUT2D eigenvalue weighted by Gasteiger charge is -2.30. The van der Waals surface area contributed by atoms with Gasteiger partial charge in [-0.2, -0.15) is 0 Å². The van der Waals surface area contributed by atoms with Crippen LogP contribution in [-0.2, 0) is 21.2 Å². The Morgan fingerprint density at radius 2 is 2.04 bits per heavy atom. The highest BCUT2D eigenvalue weighted by Gasteiger charge is 2.29. The fourth-order valence-corrected chi connectivity index (χ4v) is 4.72. The molecule has 2 aromatic rings. The molecule has 1 heterocycles. The molecular weight excluding hydrogens is 376 g/mol. The lowest BCUT2D eigenvalue weighted by Crippen LogP contribution is -2.35. The molecule has 0 atom stereocenters. The molecule has 1 aliphatic heterocycles. The van der Waals surface area contributed by atoms with Gasteiger partial charge < -0.3 is 10.1 Å². The normalized spacial score (nSPS) is 13.8. The van der Waals surface area contributed by atoms with Crippen molar-refractivity contribution >= 4 is 33.2 Å². The van der Waals surface area contributed by atoms with Gasteiger partial charge in [0.05, 0.1) is 15.6 Å². The van der Waals surface area contributed by atoms with E-state index in [1.807, 2.05) is 24.3 Å². The van der Waals surface area contributed by atoms with Gasteiger partial charge in [0, 0.05) is 13.6 Å². The molecule has 6 nitrogen and oxygen atoms in total. The van der Waals surface area contributed by atoms with E-state index >= 15 is 0 Å². The first-order chi connectivity index (χ1) is 12.4. The molecule has 26 heavy (non-hydrogen) atoms. The molecule has 138 valence electrons. The average molecular weight is 395 g/mol. The van der Waals surface area contributed by atoms with E-state index < -0.39 is 10.0 Å². The number of para-hydroxylation sites is 1. The summed E-state index contributed by atoms with van der Waals surface area (Å²) in [5, 5.41) is 2.57. The van der Waals surface area contributed by atoms with Crippen molar-refractivity contribution in [1.29, 1.82) is 0 Å². The molecule has 8 heteroatoms. The van der Waals surface area contributed by atoms with E-state index in [9.17, 15) is 13.2 Å². The quantitative estimate of drug-likeness (QED) is 0.845. The van der Waals surface area contributed by atoms with Crippen LogP contribution in [-0.4, -0.2) is 34.5 Å². The van der Waals surface area contributed by atoms with Crippen LogP contribution in [0.2, 0.25) is 5.02 Å². The fraction of sp³-hybridized carbons (Fsp3) is 0.278. The minimum atomic E-state index is -3.74. The van der Waals surface area contributed by atoms with Gasteiger partial charge >= 0.3 is 0 Å². The summed E-state index contributed by atoms with van der Waals surface area (Å²) in [5.74, 6) is -0.0454. The average Bonchev–Trinajstić information content (AvgIpc) is 2.66. The Balaban J connectivity index is 1.89. The van der Waals surface area contributed by atoms with Crippen LogP contribution in [0, 0.1) is 0 Å². The van der Waals surface area contributed by atoms with Crippen molar-refractivity contribution in [3.05, 3.63) is 53.1 Å². The zero-order valence-electron chi connectivity index (χ0n) is 14.2. The maximum atomic E-state index is 13.1. The molecule has 3 rings (SSSR count). The number of hydrogen-bond donors (Lipinski definition) is 1. The van der Waals surface area contributed by atoms with E-state index in [-0.39, 0.29) is 28.2 Å². The highest BCUT2D eigenvalue weighted by molar-refractivity contribution is 7.92. The SMILES string of the molecule is CNC(=O)COc1ccc(S(=O)(=O)N2CCCc3ccccc32)cc1Cl. The number of halogens is 1. The number of carbonyl (C=O) groups is 1. The van der Waals surface area contributed by atoms with Crippen molar-refractivity contribution in [3.63, 3.8) is 0 Å². The summed E-state index contributed by atoms with van der Waals surface area (Å²) in [5.41, 5.74) is 1.72. The largest absolute Gasteiger partial charge is 0.482 e. The number of rotatable bonds is 5. The maximum absolute atomic E-state index is 13.1. The lowest BCUT2D eigenvalue weighted by atomic mass is 10.0. The van der Waals surface area contributed by atoms with Gasteiger partial charge in [0.25, 0.3) is 15.9 Å². The Bertz CT molecular complexity index is 931. The van der Waals surface area contributed by atoms with Crippen LogP contribution >= 0.6 is 11.6 Å². The molecule has 0 saturated heterocycles. The Hall–Kier alpha value is -2.25. The van der Waals surface area contributed by atoms with Crippen molar-refractivity contribution in [2.24, 2.45) is 0 Å². The van der Waals surface area contributed by atoms with E-state index in [1.54, 1.807) is 0 Å². The minimum Gasteiger partial charge on any atom is -0.482 e. The van der Waals surface area contributed by atoms with E-state index in [2.05, 4.69) is 5.32 Å². The van der Waals surface area contributed by atoms with E-state index in [0.29, 0.717) is 12.2 Å². The second kappa shape index (κ2) is 7.55. The van der Waals surface area contributed by atoms with Crippen molar-refractivity contribution in [2.45, 2.75) is 17.7 Å². The highest BCUT2D eigenvalue weighted by atomic mass is 35.5. The molecule has 0 spiro atoms. The Labute approximate surface area is 157 Å². The number of hydrogen-bond acceptors (Lipinski definition) is 4. The standard InChI is InChI=1S/C18H19ClN2O4S/c1-20-18(22)12-25-17-9-8-14(11-15(17)19)26(23,24)21-10-4-6-13-5-2-3-7-16(13)21/h2-3,5,7-9,11H,4,6,10,12H2,1H3,(H,20,22). The number of sulfonamides is 1.